The van der Waals surface area contributed by atoms with E-state index in [9.17, 15) is 5.11 Å². The van der Waals surface area contributed by atoms with Gasteiger partial charge in [-0.3, -0.25) is 0 Å². The second-order valence-corrected chi connectivity index (χ2v) is 4.62. The zero-order valence-electron chi connectivity index (χ0n) is 10.6. The van der Waals surface area contributed by atoms with Crippen molar-refractivity contribution in [3.8, 4) is 0 Å². The van der Waals surface area contributed by atoms with Crippen LogP contribution in [0, 0.1) is 6.92 Å². The van der Waals surface area contributed by atoms with Crippen molar-refractivity contribution in [2.24, 2.45) is 0 Å². The minimum absolute atomic E-state index is 0.0132. The standard InChI is InChI=1S/C15H19NO/c1-10-4-5-13-9-14(7-6-12(13)8-10)15(16-3)11(2)17/h4-9,11,15-17H,1-3H3. The highest BCUT2D eigenvalue weighted by Crippen LogP contribution is 2.23. The van der Waals surface area contributed by atoms with Gasteiger partial charge in [-0.15, -0.1) is 0 Å². The Morgan fingerprint density at radius 2 is 1.71 bits per heavy atom. The van der Waals surface area contributed by atoms with Gasteiger partial charge in [-0.2, -0.15) is 0 Å². The first-order valence-corrected chi connectivity index (χ1v) is 5.97. The third-order valence-electron chi connectivity index (χ3n) is 3.17. The number of hydrogen-bond acceptors (Lipinski definition) is 2. The SMILES string of the molecule is CNC(c1ccc2cc(C)ccc2c1)C(C)O. The monoisotopic (exact) mass is 229 g/mol. The molecule has 17 heavy (non-hydrogen) atoms. The van der Waals surface area contributed by atoms with Gasteiger partial charge in [0.2, 0.25) is 0 Å². The fraction of sp³-hybridized carbons (Fsp3) is 0.333. The van der Waals surface area contributed by atoms with Crippen LogP contribution in [0.1, 0.15) is 24.1 Å². The van der Waals surface area contributed by atoms with Gasteiger partial charge in [0.05, 0.1) is 12.1 Å². The van der Waals surface area contributed by atoms with Crippen LogP contribution < -0.4 is 5.32 Å². The number of benzene rings is 2. The molecular weight excluding hydrogens is 210 g/mol. The Hall–Kier alpha value is -1.38. The van der Waals surface area contributed by atoms with E-state index in [1.165, 1.54) is 16.3 Å². The Bertz CT molecular complexity index is 519. The van der Waals surface area contributed by atoms with Crippen molar-refractivity contribution >= 4 is 10.8 Å². The van der Waals surface area contributed by atoms with Gasteiger partial charge < -0.3 is 10.4 Å². The van der Waals surface area contributed by atoms with E-state index in [2.05, 4.69) is 48.6 Å². The highest BCUT2D eigenvalue weighted by molar-refractivity contribution is 5.83. The lowest BCUT2D eigenvalue weighted by atomic mass is 9.98. The van der Waals surface area contributed by atoms with Crippen LogP contribution in [-0.2, 0) is 0 Å². The number of rotatable bonds is 3. The summed E-state index contributed by atoms with van der Waals surface area (Å²) in [4.78, 5) is 0. The summed E-state index contributed by atoms with van der Waals surface area (Å²) in [6, 6.07) is 12.7. The fourth-order valence-corrected chi connectivity index (χ4v) is 2.26. The first-order valence-electron chi connectivity index (χ1n) is 5.97. The highest BCUT2D eigenvalue weighted by atomic mass is 16.3. The molecule has 2 N–H and O–H groups in total. The molecule has 0 spiro atoms. The van der Waals surface area contributed by atoms with Gasteiger partial charge in [-0.1, -0.05) is 35.9 Å². The first kappa shape index (κ1) is 12.1. The third-order valence-corrected chi connectivity index (χ3v) is 3.17. The minimum atomic E-state index is -0.400. The van der Waals surface area contributed by atoms with E-state index >= 15 is 0 Å². The Balaban J connectivity index is 2.47. The van der Waals surface area contributed by atoms with Crippen molar-refractivity contribution in [3.63, 3.8) is 0 Å². The number of fused-ring (bicyclic) bond motifs is 1. The molecule has 0 aliphatic rings. The maximum Gasteiger partial charge on any atom is 0.0706 e. The second-order valence-electron chi connectivity index (χ2n) is 4.62. The summed E-state index contributed by atoms with van der Waals surface area (Å²) in [6.45, 7) is 3.90. The molecule has 0 saturated heterocycles. The smallest absolute Gasteiger partial charge is 0.0706 e. The molecule has 0 radical (unpaired) electrons. The van der Waals surface area contributed by atoms with E-state index < -0.39 is 6.10 Å². The number of likely N-dealkylation sites (N-methyl/N-ethyl adjacent to an activating group) is 1. The van der Waals surface area contributed by atoms with Crippen molar-refractivity contribution in [1.82, 2.24) is 5.32 Å². The van der Waals surface area contributed by atoms with Crippen LogP contribution in [-0.4, -0.2) is 18.3 Å². The molecule has 2 rings (SSSR count). The van der Waals surface area contributed by atoms with E-state index in [1.807, 2.05) is 7.05 Å². The van der Waals surface area contributed by atoms with E-state index in [-0.39, 0.29) is 6.04 Å². The topological polar surface area (TPSA) is 32.3 Å². The van der Waals surface area contributed by atoms with Crippen molar-refractivity contribution in [1.29, 1.82) is 0 Å². The summed E-state index contributed by atoms with van der Waals surface area (Å²) < 4.78 is 0. The summed E-state index contributed by atoms with van der Waals surface area (Å²) in [6.07, 6.45) is -0.400. The molecule has 2 aromatic carbocycles. The third kappa shape index (κ3) is 2.48. The number of nitrogens with one attached hydrogen (secondary N) is 1. The van der Waals surface area contributed by atoms with Gasteiger partial charge in [0, 0.05) is 0 Å². The molecule has 0 aliphatic carbocycles. The second kappa shape index (κ2) is 4.86. The maximum absolute atomic E-state index is 9.72. The summed E-state index contributed by atoms with van der Waals surface area (Å²) >= 11 is 0. The van der Waals surface area contributed by atoms with Gasteiger partial charge >= 0.3 is 0 Å². The van der Waals surface area contributed by atoms with Gasteiger partial charge in [0.15, 0.2) is 0 Å². The molecule has 2 aromatic rings. The lowest BCUT2D eigenvalue weighted by Crippen LogP contribution is -2.26. The van der Waals surface area contributed by atoms with Crippen molar-refractivity contribution in [2.75, 3.05) is 7.05 Å². The largest absolute Gasteiger partial charge is 0.391 e. The Morgan fingerprint density at radius 3 is 2.35 bits per heavy atom. The lowest BCUT2D eigenvalue weighted by Gasteiger charge is -2.20. The average Bonchev–Trinajstić information content (AvgIpc) is 2.29. The minimum Gasteiger partial charge on any atom is -0.391 e. The normalized spacial score (nSPS) is 14.8. The quantitative estimate of drug-likeness (QED) is 0.848. The van der Waals surface area contributed by atoms with Gasteiger partial charge in [0.1, 0.15) is 0 Å². The summed E-state index contributed by atoms with van der Waals surface area (Å²) in [5.41, 5.74) is 2.39. The molecule has 0 bridgehead atoms. The molecule has 0 heterocycles. The van der Waals surface area contributed by atoms with Gasteiger partial charge in [-0.05, 0) is 43.3 Å². The van der Waals surface area contributed by atoms with E-state index in [1.54, 1.807) is 6.92 Å². The zero-order valence-corrected chi connectivity index (χ0v) is 10.6. The van der Waals surface area contributed by atoms with E-state index in [0.29, 0.717) is 0 Å². The van der Waals surface area contributed by atoms with E-state index in [4.69, 9.17) is 0 Å². The van der Waals surface area contributed by atoms with E-state index in [0.717, 1.165) is 5.56 Å². The van der Waals surface area contributed by atoms with Crippen molar-refractivity contribution in [3.05, 3.63) is 47.5 Å². The maximum atomic E-state index is 9.72. The highest BCUT2D eigenvalue weighted by Gasteiger charge is 2.14. The van der Waals surface area contributed by atoms with Crippen LogP contribution in [0.15, 0.2) is 36.4 Å². The van der Waals surface area contributed by atoms with Gasteiger partial charge in [-0.25, -0.2) is 0 Å². The van der Waals surface area contributed by atoms with Crippen LogP contribution in [0.5, 0.6) is 0 Å². The molecule has 90 valence electrons. The number of aliphatic hydroxyl groups is 1. The number of hydrogen-bond donors (Lipinski definition) is 2. The van der Waals surface area contributed by atoms with Crippen molar-refractivity contribution in [2.45, 2.75) is 26.0 Å². The average molecular weight is 229 g/mol. The number of aryl methyl sites for hydroxylation is 1. The Morgan fingerprint density at radius 1 is 1.06 bits per heavy atom. The molecule has 2 atom stereocenters. The first-order chi connectivity index (χ1) is 8.11. The summed E-state index contributed by atoms with van der Waals surface area (Å²) in [5, 5.41) is 15.3. The number of aliphatic hydroxyl groups excluding tert-OH is 1. The Kier molecular flexibility index (Phi) is 3.46. The molecule has 0 saturated carbocycles. The lowest BCUT2D eigenvalue weighted by molar-refractivity contribution is 0.150. The molecule has 0 fully saturated rings. The van der Waals surface area contributed by atoms with Crippen LogP contribution >= 0.6 is 0 Å². The predicted octanol–water partition coefficient (Wildman–Crippen LogP) is 2.79. The van der Waals surface area contributed by atoms with Crippen LogP contribution in [0.4, 0.5) is 0 Å². The zero-order chi connectivity index (χ0) is 12.4. The summed E-state index contributed by atoms with van der Waals surface area (Å²) in [7, 11) is 1.87. The van der Waals surface area contributed by atoms with Crippen LogP contribution in [0.2, 0.25) is 0 Å². The molecule has 2 heteroatoms. The van der Waals surface area contributed by atoms with Gasteiger partial charge in [0.25, 0.3) is 0 Å². The molecule has 0 amide bonds. The predicted molar refractivity (Wildman–Crippen MR) is 72.2 cm³/mol. The van der Waals surface area contributed by atoms with Crippen LogP contribution in [0.25, 0.3) is 10.8 Å². The van der Waals surface area contributed by atoms with Crippen molar-refractivity contribution < 1.29 is 5.11 Å². The molecule has 2 unspecified atom stereocenters. The molecule has 2 nitrogen and oxygen atoms in total. The molecule has 0 aliphatic heterocycles. The summed E-state index contributed by atoms with van der Waals surface area (Å²) in [5.74, 6) is 0. The van der Waals surface area contributed by atoms with Crippen LogP contribution in [0.3, 0.4) is 0 Å². The Labute approximate surface area is 102 Å². The molecule has 0 aromatic heterocycles. The molecular formula is C15H19NO. The fourth-order valence-electron chi connectivity index (χ4n) is 2.26.